The Labute approximate surface area is 158 Å². The quantitative estimate of drug-likeness (QED) is 0.579. The van der Waals surface area contributed by atoms with E-state index in [1.165, 1.54) is 11.0 Å². The number of carbonyl (C=O) groups is 1. The van der Waals surface area contributed by atoms with Crippen molar-refractivity contribution in [2.45, 2.75) is 24.4 Å². The van der Waals surface area contributed by atoms with Crippen LogP contribution in [0.4, 0.5) is 23.7 Å². The zero-order valence-electron chi connectivity index (χ0n) is 14.3. The maximum absolute atomic E-state index is 12.5. The van der Waals surface area contributed by atoms with Crippen LogP contribution >= 0.6 is 0 Å². The summed E-state index contributed by atoms with van der Waals surface area (Å²) in [6.07, 6.45) is 1.76. The van der Waals surface area contributed by atoms with E-state index in [-0.39, 0.29) is 6.04 Å². The highest BCUT2D eigenvalue weighted by molar-refractivity contribution is 7.88. The number of aromatic nitrogens is 1. The Morgan fingerprint density at radius 3 is 2.54 bits per heavy atom. The van der Waals surface area contributed by atoms with Gasteiger partial charge in [-0.2, -0.15) is 21.6 Å². The molecule has 152 valence electrons. The molecule has 0 atom stereocenters. The van der Waals surface area contributed by atoms with Crippen LogP contribution in [-0.2, 0) is 10.1 Å². The lowest BCUT2D eigenvalue weighted by Gasteiger charge is -2.31. The van der Waals surface area contributed by atoms with Crippen molar-refractivity contribution in [1.29, 1.82) is 0 Å². The van der Waals surface area contributed by atoms with Crippen LogP contribution < -0.4 is 9.50 Å². The Morgan fingerprint density at radius 1 is 1.25 bits per heavy atom. The zero-order valence-corrected chi connectivity index (χ0v) is 15.1. The van der Waals surface area contributed by atoms with E-state index in [1.807, 2.05) is 0 Å². The van der Waals surface area contributed by atoms with Gasteiger partial charge in [0, 0.05) is 24.5 Å². The molecule has 2 heterocycles. The molecular weight excluding hydrogens is 403 g/mol. The third-order valence-electron chi connectivity index (χ3n) is 4.28. The van der Waals surface area contributed by atoms with E-state index in [9.17, 15) is 26.4 Å². The predicted octanol–water partition coefficient (Wildman–Crippen LogP) is 3.02. The third-order valence-corrected chi connectivity index (χ3v) is 5.26. The Bertz CT molecular complexity index is 989. The van der Waals surface area contributed by atoms with E-state index < -0.39 is 27.5 Å². The number of piperidine rings is 1. The summed E-state index contributed by atoms with van der Waals surface area (Å²) in [6.45, 7) is 0.780. The first-order chi connectivity index (χ1) is 13.0. The summed E-state index contributed by atoms with van der Waals surface area (Å²) < 4.78 is 63.8. The molecule has 2 N–H and O–H groups in total. The summed E-state index contributed by atoms with van der Waals surface area (Å²) in [6, 6.07) is 5.22. The fourth-order valence-corrected chi connectivity index (χ4v) is 3.32. The van der Waals surface area contributed by atoms with E-state index >= 15 is 0 Å². The average molecular weight is 419 g/mol. The topological polar surface area (TPSA) is 109 Å². The molecule has 1 saturated heterocycles. The smallest absolute Gasteiger partial charge is 0.465 e. The van der Waals surface area contributed by atoms with Crippen molar-refractivity contribution in [3.05, 3.63) is 30.5 Å². The molecule has 12 heteroatoms. The lowest BCUT2D eigenvalue weighted by molar-refractivity contribution is -0.0500. The van der Waals surface area contributed by atoms with Gasteiger partial charge in [-0.1, -0.05) is 0 Å². The second-order valence-corrected chi connectivity index (χ2v) is 7.79. The number of fused-ring (bicyclic) bond motifs is 1. The summed E-state index contributed by atoms with van der Waals surface area (Å²) in [5.74, 6) is -0.474. The van der Waals surface area contributed by atoms with Crippen molar-refractivity contribution < 1.29 is 35.7 Å². The lowest BCUT2D eigenvalue weighted by Crippen LogP contribution is -2.41. The van der Waals surface area contributed by atoms with Crippen molar-refractivity contribution in [3.63, 3.8) is 0 Å². The molecule has 0 aliphatic carbocycles. The molecule has 2 aromatic rings. The monoisotopic (exact) mass is 419 g/mol. The summed E-state index contributed by atoms with van der Waals surface area (Å²) in [5, 5.41) is 12.6. The van der Waals surface area contributed by atoms with Gasteiger partial charge in [0.2, 0.25) is 0 Å². The van der Waals surface area contributed by atoms with Gasteiger partial charge in [0.1, 0.15) is 5.75 Å². The largest absolute Gasteiger partial charge is 0.534 e. The number of rotatable bonds is 4. The van der Waals surface area contributed by atoms with Gasteiger partial charge in [0.05, 0.1) is 17.4 Å². The van der Waals surface area contributed by atoms with Crippen molar-refractivity contribution >= 4 is 32.8 Å². The van der Waals surface area contributed by atoms with Gasteiger partial charge in [-0.15, -0.1) is 0 Å². The Morgan fingerprint density at radius 2 is 1.93 bits per heavy atom. The highest BCUT2D eigenvalue weighted by Gasteiger charge is 2.48. The molecule has 1 amide bonds. The number of carboxylic acid groups (broad SMARTS) is 1. The fourth-order valence-electron chi connectivity index (χ4n) is 2.87. The summed E-state index contributed by atoms with van der Waals surface area (Å²) >= 11 is 0. The maximum Gasteiger partial charge on any atom is 0.534 e. The van der Waals surface area contributed by atoms with Crippen LogP contribution in [-0.4, -0.2) is 54.1 Å². The van der Waals surface area contributed by atoms with Gasteiger partial charge in [-0.3, -0.25) is 4.98 Å². The van der Waals surface area contributed by atoms with Crippen molar-refractivity contribution in [3.8, 4) is 5.75 Å². The first-order valence-electron chi connectivity index (χ1n) is 8.20. The number of hydrogen-bond donors (Lipinski definition) is 2. The van der Waals surface area contributed by atoms with Crippen LogP contribution in [0.1, 0.15) is 12.8 Å². The van der Waals surface area contributed by atoms with E-state index in [4.69, 9.17) is 5.11 Å². The fraction of sp³-hybridized carbons (Fsp3) is 0.375. The second-order valence-electron chi connectivity index (χ2n) is 6.25. The standard InChI is InChI=1S/C16H16F3N3O5S/c17-16(18,19)28(25,26)27-13-1-2-14-10(8-13)7-12(9-20-14)21-11-3-5-22(6-4-11)15(23)24/h1-2,7-9,11,21H,3-6H2,(H,23,24). The van der Waals surface area contributed by atoms with E-state index in [0.29, 0.717) is 42.5 Å². The summed E-state index contributed by atoms with van der Waals surface area (Å²) in [4.78, 5) is 16.4. The average Bonchev–Trinajstić information content (AvgIpc) is 2.60. The molecule has 28 heavy (non-hydrogen) atoms. The molecule has 1 aromatic heterocycles. The van der Waals surface area contributed by atoms with Crippen molar-refractivity contribution in [1.82, 2.24) is 9.88 Å². The number of pyridine rings is 1. The van der Waals surface area contributed by atoms with E-state index in [2.05, 4.69) is 14.5 Å². The lowest BCUT2D eigenvalue weighted by atomic mass is 10.0. The van der Waals surface area contributed by atoms with Crippen molar-refractivity contribution in [2.24, 2.45) is 0 Å². The van der Waals surface area contributed by atoms with Gasteiger partial charge in [-0.05, 0) is 37.1 Å². The Balaban J connectivity index is 1.75. The van der Waals surface area contributed by atoms with Crippen LogP contribution in [0.25, 0.3) is 10.9 Å². The van der Waals surface area contributed by atoms with Gasteiger partial charge in [0.25, 0.3) is 0 Å². The SMILES string of the molecule is O=C(O)N1CCC(Nc2cnc3ccc(OS(=O)(=O)C(F)(F)F)cc3c2)CC1. The van der Waals surface area contributed by atoms with E-state index in [0.717, 1.165) is 12.1 Å². The van der Waals surface area contributed by atoms with Gasteiger partial charge >= 0.3 is 21.7 Å². The molecule has 0 radical (unpaired) electrons. The minimum absolute atomic E-state index is 0.0138. The zero-order chi connectivity index (χ0) is 20.5. The van der Waals surface area contributed by atoms with Crippen LogP contribution in [0, 0.1) is 0 Å². The number of alkyl halides is 3. The highest BCUT2D eigenvalue weighted by atomic mass is 32.2. The molecule has 1 aromatic carbocycles. The number of likely N-dealkylation sites (tertiary alicyclic amines) is 1. The Hall–Kier alpha value is -2.76. The number of halogens is 3. The van der Waals surface area contributed by atoms with Gasteiger partial charge in [-0.25, -0.2) is 4.79 Å². The normalized spacial score (nSPS) is 16.2. The second kappa shape index (κ2) is 7.34. The number of amides is 1. The van der Waals surface area contributed by atoms with Crippen LogP contribution in [0.5, 0.6) is 5.75 Å². The van der Waals surface area contributed by atoms with Crippen LogP contribution in [0.2, 0.25) is 0 Å². The number of hydrogen-bond acceptors (Lipinski definition) is 6. The predicted molar refractivity (Wildman–Crippen MR) is 93.6 cm³/mol. The van der Waals surface area contributed by atoms with Crippen molar-refractivity contribution in [2.75, 3.05) is 18.4 Å². The third kappa shape index (κ3) is 4.38. The van der Waals surface area contributed by atoms with Crippen LogP contribution in [0.3, 0.4) is 0 Å². The minimum atomic E-state index is -5.75. The molecule has 1 aliphatic heterocycles. The molecule has 0 saturated carbocycles. The maximum atomic E-state index is 12.5. The molecule has 1 fully saturated rings. The minimum Gasteiger partial charge on any atom is -0.465 e. The molecule has 1 aliphatic rings. The molecule has 0 bridgehead atoms. The van der Waals surface area contributed by atoms with E-state index in [1.54, 1.807) is 12.3 Å². The van der Waals surface area contributed by atoms with Gasteiger partial charge < -0.3 is 19.5 Å². The molecule has 8 nitrogen and oxygen atoms in total. The first-order valence-corrected chi connectivity index (χ1v) is 9.61. The number of nitrogens with one attached hydrogen (secondary N) is 1. The molecule has 0 unspecified atom stereocenters. The van der Waals surface area contributed by atoms with Crippen LogP contribution in [0.15, 0.2) is 30.5 Å². The summed E-state index contributed by atoms with van der Waals surface area (Å²) in [7, 11) is -5.75. The number of benzene rings is 1. The summed E-state index contributed by atoms with van der Waals surface area (Å²) in [5.41, 5.74) is -4.49. The molecular formula is C16H16F3N3O5S. The first kappa shape index (κ1) is 20.0. The number of anilines is 1. The van der Waals surface area contributed by atoms with Gasteiger partial charge in [0.15, 0.2) is 0 Å². The Kier molecular flexibility index (Phi) is 5.24. The highest BCUT2D eigenvalue weighted by Crippen LogP contribution is 2.29. The molecule has 3 rings (SSSR count). The number of nitrogens with zero attached hydrogens (tertiary/aromatic N) is 2. The molecule has 0 spiro atoms.